The number of carbonyl (C=O) groups excluding carboxylic acids is 3. The van der Waals surface area contributed by atoms with E-state index in [0.717, 1.165) is 10.5 Å². The summed E-state index contributed by atoms with van der Waals surface area (Å²) in [5.41, 5.74) is 6.54. The Kier molecular flexibility index (Phi) is 11.0. The molecule has 2 aliphatic rings. The smallest absolute Gasteiger partial charge is 0.332 e. The Balaban J connectivity index is 1.49. The van der Waals surface area contributed by atoms with Crippen molar-refractivity contribution < 1.29 is 33.3 Å². The van der Waals surface area contributed by atoms with E-state index in [1.54, 1.807) is 13.2 Å². The summed E-state index contributed by atoms with van der Waals surface area (Å²) in [4.78, 5) is 51.7. The standard InChI is InChI=1S/C36H48N6O7S/c1-9-21-17-36(21,33(45)47-8)41-31(43)28-15-23(18-42(28)32(44)30(37)35(4,5)6)49-29-16-26(27-19-50-34(40-27)38-20(2)3)39-25-14-22(10-11-24(25)29)48-13-12-46-7/h9-11,14,16,19-21,23,28,30H,1,12-13,15,17-18,37H2,2-8H3,(H,38,40)(H,41,43)/t21-,23-,28+,30-,36-/m1/s1. The average molecular weight is 709 g/mol. The molecule has 270 valence electrons. The Morgan fingerprint density at radius 1 is 1.16 bits per heavy atom. The van der Waals surface area contributed by atoms with Gasteiger partial charge in [0.05, 0.1) is 37.5 Å². The second kappa shape index (κ2) is 14.9. The first-order valence-electron chi connectivity index (χ1n) is 16.8. The van der Waals surface area contributed by atoms with Crippen molar-refractivity contribution in [2.45, 2.75) is 77.2 Å². The summed E-state index contributed by atoms with van der Waals surface area (Å²) < 4.78 is 22.7. The zero-order valence-corrected chi connectivity index (χ0v) is 30.6. The zero-order chi connectivity index (χ0) is 36.4. The van der Waals surface area contributed by atoms with Gasteiger partial charge in [-0.2, -0.15) is 0 Å². The Morgan fingerprint density at radius 2 is 1.92 bits per heavy atom. The minimum absolute atomic E-state index is 0.104. The third-order valence-corrected chi connectivity index (χ3v) is 9.79. The van der Waals surface area contributed by atoms with E-state index >= 15 is 0 Å². The van der Waals surface area contributed by atoms with Gasteiger partial charge in [-0.25, -0.2) is 14.8 Å². The summed E-state index contributed by atoms with van der Waals surface area (Å²) in [6, 6.07) is 5.76. The minimum Gasteiger partial charge on any atom is -0.491 e. The van der Waals surface area contributed by atoms with Crippen molar-refractivity contribution in [2.75, 3.05) is 39.3 Å². The van der Waals surface area contributed by atoms with Crippen LogP contribution in [0.5, 0.6) is 11.5 Å². The molecule has 1 saturated carbocycles. The SMILES string of the molecule is C=C[C@@H]1C[C@]1(NC(=O)[C@@H]1C[C@@H](Oc2cc(-c3csc(NC(C)C)n3)nc3cc(OCCOC)ccc23)CN1C(=O)[C@@H](N)C(C)(C)C)C(=O)OC. The van der Waals surface area contributed by atoms with Crippen LogP contribution in [0.15, 0.2) is 42.3 Å². The molecule has 1 aliphatic carbocycles. The van der Waals surface area contributed by atoms with Gasteiger partial charge in [-0.3, -0.25) is 9.59 Å². The van der Waals surface area contributed by atoms with Gasteiger partial charge in [0, 0.05) is 48.4 Å². The lowest BCUT2D eigenvalue weighted by atomic mass is 9.86. The lowest BCUT2D eigenvalue weighted by molar-refractivity contribution is -0.148. The molecule has 2 amide bonds. The molecule has 50 heavy (non-hydrogen) atoms. The third kappa shape index (κ3) is 7.87. The van der Waals surface area contributed by atoms with Crippen LogP contribution in [0, 0.1) is 11.3 Å². The number of esters is 1. The first-order chi connectivity index (χ1) is 23.7. The van der Waals surface area contributed by atoms with Gasteiger partial charge in [-0.05, 0) is 37.8 Å². The molecule has 0 bridgehead atoms. The van der Waals surface area contributed by atoms with E-state index in [9.17, 15) is 14.4 Å². The molecule has 1 saturated heterocycles. The molecule has 2 aromatic heterocycles. The van der Waals surface area contributed by atoms with Crippen molar-refractivity contribution in [1.29, 1.82) is 0 Å². The molecule has 13 nitrogen and oxygen atoms in total. The zero-order valence-electron chi connectivity index (χ0n) is 29.8. The largest absolute Gasteiger partial charge is 0.491 e. The van der Waals surface area contributed by atoms with E-state index in [1.165, 1.54) is 23.3 Å². The van der Waals surface area contributed by atoms with Crippen molar-refractivity contribution in [3.05, 3.63) is 42.3 Å². The second-order valence-electron chi connectivity index (χ2n) is 14.2. The maximum Gasteiger partial charge on any atom is 0.332 e. The summed E-state index contributed by atoms with van der Waals surface area (Å²) in [5, 5.41) is 9.63. The lowest BCUT2D eigenvalue weighted by Crippen LogP contribution is -2.57. The molecule has 0 unspecified atom stereocenters. The van der Waals surface area contributed by atoms with Crippen molar-refractivity contribution in [2.24, 2.45) is 17.1 Å². The van der Waals surface area contributed by atoms with Crippen LogP contribution in [0.1, 0.15) is 47.5 Å². The number of fused-ring (bicyclic) bond motifs is 1. The first kappa shape index (κ1) is 37.0. The summed E-state index contributed by atoms with van der Waals surface area (Å²) in [5.74, 6) is -0.558. The number of nitrogens with two attached hydrogens (primary N) is 1. The van der Waals surface area contributed by atoms with Crippen LogP contribution in [0.3, 0.4) is 0 Å². The second-order valence-corrected chi connectivity index (χ2v) is 15.0. The van der Waals surface area contributed by atoms with Gasteiger partial charge in [0.2, 0.25) is 11.8 Å². The summed E-state index contributed by atoms with van der Waals surface area (Å²) >= 11 is 1.48. The normalized spacial score (nSPS) is 22.3. The number of ether oxygens (including phenoxy) is 4. The molecule has 3 aromatic rings. The fourth-order valence-corrected chi connectivity index (χ4v) is 6.88. The molecule has 1 aliphatic heterocycles. The maximum atomic E-state index is 14.0. The highest BCUT2D eigenvalue weighted by molar-refractivity contribution is 7.14. The van der Waals surface area contributed by atoms with Crippen LogP contribution in [-0.4, -0.2) is 96.4 Å². The number of anilines is 1. The molecule has 2 fully saturated rings. The van der Waals surface area contributed by atoms with Crippen LogP contribution >= 0.6 is 11.3 Å². The number of nitrogens with one attached hydrogen (secondary N) is 2. The number of hydrogen-bond acceptors (Lipinski definition) is 12. The molecule has 0 spiro atoms. The van der Waals surface area contributed by atoms with Crippen LogP contribution in [0.4, 0.5) is 5.13 Å². The molecule has 5 rings (SSSR count). The van der Waals surface area contributed by atoms with E-state index in [0.29, 0.717) is 48.0 Å². The Hall–Kier alpha value is -4.27. The van der Waals surface area contributed by atoms with E-state index in [2.05, 4.69) is 17.2 Å². The van der Waals surface area contributed by atoms with Gasteiger partial charge in [0.15, 0.2) is 5.13 Å². The number of hydrogen-bond donors (Lipinski definition) is 3. The third-order valence-electron chi connectivity index (χ3n) is 9.01. The molecule has 1 aromatic carbocycles. The van der Waals surface area contributed by atoms with Crippen molar-refractivity contribution in [3.63, 3.8) is 0 Å². The van der Waals surface area contributed by atoms with Crippen LogP contribution in [0.2, 0.25) is 0 Å². The summed E-state index contributed by atoms with van der Waals surface area (Å²) in [6.07, 6.45) is 1.57. The van der Waals surface area contributed by atoms with Crippen LogP contribution in [-0.2, 0) is 23.9 Å². The Morgan fingerprint density at radius 3 is 2.56 bits per heavy atom. The van der Waals surface area contributed by atoms with Crippen LogP contribution < -0.4 is 25.8 Å². The number of benzene rings is 1. The highest BCUT2D eigenvalue weighted by atomic mass is 32.1. The number of aromatic nitrogens is 2. The fraction of sp³-hybridized carbons (Fsp3) is 0.528. The predicted octanol–water partition coefficient (Wildman–Crippen LogP) is 4.16. The number of nitrogens with zero attached hydrogens (tertiary/aromatic N) is 3. The van der Waals surface area contributed by atoms with Gasteiger partial charge < -0.3 is 40.2 Å². The molecule has 4 N–H and O–H groups in total. The molecule has 5 atom stereocenters. The van der Waals surface area contributed by atoms with Gasteiger partial charge in [0.25, 0.3) is 0 Å². The van der Waals surface area contributed by atoms with Gasteiger partial charge in [0.1, 0.15) is 41.5 Å². The number of pyridine rings is 1. The van der Waals surface area contributed by atoms with Gasteiger partial charge in [-0.15, -0.1) is 17.9 Å². The number of carbonyl (C=O) groups is 3. The molecular weight excluding hydrogens is 660 g/mol. The number of methoxy groups -OCH3 is 2. The number of rotatable bonds is 14. The number of thiazole rings is 1. The first-order valence-corrected chi connectivity index (χ1v) is 17.6. The van der Waals surface area contributed by atoms with E-state index in [4.69, 9.17) is 34.6 Å². The monoisotopic (exact) mass is 708 g/mol. The minimum atomic E-state index is -1.22. The Bertz CT molecular complexity index is 1740. The van der Waals surface area contributed by atoms with E-state index < -0.39 is 41.0 Å². The highest BCUT2D eigenvalue weighted by Crippen LogP contribution is 2.46. The van der Waals surface area contributed by atoms with Crippen molar-refractivity contribution in [3.8, 4) is 22.9 Å². The summed E-state index contributed by atoms with van der Waals surface area (Å²) in [7, 11) is 2.89. The topological polar surface area (TPSA) is 167 Å². The number of amides is 2. The van der Waals surface area contributed by atoms with Crippen molar-refractivity contribution in [1.82, 2.24) is 20.2 Å². The molecule has 14 heteroatoms. The number of likely N-dealkylation sites (tertiary alicyclic amines) is 1. The molecule has 3 heterocycles. The van der Waals surface area contributed by atoms with Crippen molar-refractivity contribution >= 4 is 45.2 Å². The quantitative estimate of drug-likeness (QED) is 0.125. The Labute approximate surface area is 296 Å². The fourth-order valence-electron chi connectivity index (χ4n) is 6.03. The van der Waals surface area contributed by atoms with Crippen LogP contribution in [0.25, 0.3) is 22.3 Å². The lowest BCUT2D eigenvalue weighted by Gasteiger charge is -2.33. The molecular formula is C36H48N6O7S. The van der Waals surface area contributed by atoms with Gasteiger partial charge >= 0.3 is 5.97 Å². The maximum absolute atomic E-state index is 14.0. The van der Waals surface area contributed by atoms with Gasteiger partial charge in [-0.1, -0.05) is 26.8 Å². The average Bonchev–Trinajstić information content (AvgIpc) is 3.35. The summed E-state index contributed by atoms with van der Waals surface area (Å²) in [6.45, 7) is 14.4. The van der Waals surface area contributed by atoms with E-state index in [-0.39, 0.29) is 30.8 Å². The predicted molar refractivity (Wildman–Crippen MR) is 192 cm³/mol. The highest BCUT2D eigenvalue weighted by Gasteiger charge is 2.62. The molecule has 0 radical (unpaired) electrons. The van der Waals surface area contributed by atoms with E-state index in [1.807, 2.05) is 64.3 Å².